The van der Waals surface area contributed by atoms with Crippen LogP contribution < -0.4 is 16.8 Å². The molecular formula is C16H21F3N8O5. The SMILES string of the molecule is NCCOCCOCCNc1nc(N)n2nc(-c3ccco3)nc2n1.O=C(O)C(F)(F)F. The monoisotopic (exact) mass is 462 g/mol. The number of ether oxygens (including phenoxy) is 2. The third-order valence-electron chi connectivity index (χ3n) is 3.38. The zero-order valence-electron chi connectivity index (χ0n) is 16.6. The third kappa shape index (κ3) is 7.64. The summed E-state index contributed by atoms with van der Waals surface area (Å²) in [4.78, 5) is 21.6. The first kappa shape index (κ1) is 24.8. The summed E-state index contributed by atoms with van der Waals surface area (Å²) in [5, 5.41) is 14.4. The number of alkyl halides is 3. The first-order valence-corrected chi connectivity index (χ1v) is 9.06. The Bertz CT molecular complexity index is 980. The van der Waals surface area contributed by atoms with Gasteiger partial charge in [0.15, 0.2) is 5.76 Å². The van der Waals surface area contributed by atoms with Crippen molar-refractivity contribution in [3.8, 4) is 11.6 Å². The number of nitrogens with zero attached hydrogens (tertiary/aromatic N) is 5. The molecule has 16 heteroatoms. The molecule has 3 aromatic rings. The van der Waals surface area contributed by atoms with E-state index in [1.165, 1.54) is 4.52 Å². The largest absolute Gasteiger partial charge is 0.490 e. The van der Waals surface area contributed by atoms with E-state index >= 15 is 0 Å². The van der Waals surface area contributed by atoms with Crippen LogP contribution in [0.4, 0.5) is 25.1 Å². The van der Waals surface area contributed by atoms with Crippen molar-refractivity contribution in [1.82, 2.24) is 24.6 Å². The molecular weight excluding hydrogens is 441 g/mol. The maximum absolute atomic E-state index is 10.6. The Morgan fingerprint density at radius 1 is 1.19 bits per heavy atom. The number of hydrogen-bond acceptors (Lipinski definition) is 11. The van der Waals surface area contributed by atoms with Gasteiger partial charge in [-0.05, 0) is 12.1 Å². The Hall–Kier alpha value is -3.50. The summed E-state index contributed by atoms with van der Waals surface area (Å²) in [5.41, 5.74) is 11.2. The Labute approximate surface area is 178 Å². The van der Waals surface area contributed by atoms with Crippen LogP contribution in [0.15, 0.2) is 22.8 Å². The minimum atomic E-state index is -5.08. The van der Waals surface area contributed by atoms with Gasteiger partial charge in [-0.25, -0.2) is 4.79 Å². The molecule has 0 amide bonds. The van der Waals surface area contributed by atoms with Gasteiger partial charge >= 0.3 is 12.1 Å². The lowest BCUT2D eigenvalue weighted by molar-refractivity contribution is -0.192. The Balaban J connectivity index is 0.000000451. The van der Waals surface area contributed by atoms with Crippen LogP contribution in [0.5, 0.6) is 0 Å². The van der Waals surface area contributed by atoms with Gasteiger partial charge in [-0.2, -0.15) is 32.6 Å². The van der Waals surface area contributed by atoms with Crippen molar-refractivity contribution in [1.29, 1.82) is 0 Å². The molecule has 6 N–H and O–H groups in total. The topological polar surface area (TPSA) is 189 Å². The van der Waals surface area contributed by atoms with Crippen LogP contribution in [-0.4, -0.2) is 81.3 Å². The van der Waals surface area contributed by atoms with E-state index in [4.69, 9.17) is 35.3 Å². The van der Waals surface area contributed by atoms with E-state index in [1.807, 2.05) is 0 Å². The van der Waals surface area contributed by atoms with Crippen LogP contribution >= 0.6 is 0 Å². The first-order chi connectivity index (χ1) is 15.2. The molecule has 0 aliphatic heterocycles. The fourth-order valence-corrected chi connectivity index (χ4v) is 2.04. The van der Waals surface area contributed by atoms with Crippen molar-refractivity contribution >= 4 is 23.6 Å². The van der Waals surface area contributed by atoms with Crippen LogP contribution in [0.25, 0.3) is 17.4 Å². The molecule has 176 valence electrons. The van der Waals surface area contributed by atoms with Gasteiger partial charge in [0.2, 0.25) is 17.7 Å². The second kappa shape index (κ2) is 11.8. The van der Waals surface area contributed by atoms with Gasteiger partial charge in [-0.15, -0.1) is 5.10 Å². The number of nitrogens with one attached hydrogen (secondary N) is 1. The second-order valence-corrected chi connectivity index (χ2v) is 5.77. The van der Waals surface area contributed by atoms with E-state index in [2.05, 4.69) is 25.4 Å². The lowest BCUT2D eigenvalue weighted by Gasteiger charge is -2.07. The lowest BCUT2D eigenvalue weighted by Crippen LogP contribution is -2.21. The van der Waals surface area contributed by atoms with Gasteiger partial charge in [0, 0.05) is 13.1 Å². The number of carbonyl (C=O) groups is 1. The molecule has 3 rings (SSSR count). The molecule has 0 radical (unpaired) electrons. The number of hydrogen-bond donors (Lipinski definition) is 4. The minimum absolute atomic E-state index is 0.175. The fourth-order valence-electron chi connectivity index (χ4n) is 2.04. The highest BCUT2D eigenvalue weighted by Crippen LogP contribution is 2.17. The van der Waals surface area contributed by atoms with Crippen molar-refractivity contribution in [3.63, 3.8) is 0 Å². The molecule has 0 unspecified atom stereocenters. The number of halogens is 3. The van der Waals surface area contributed by atoms with Gasteiger partial charge < -0.3 is 35.8 Å². The number of anilines is 2. The summed E-state index contributed by atoms with van der Waals surface area (Å²) in [6.07, 6.45) is -3.54. The van der Waals surface area contributed by atoms with Crippen molar-refractivity contribution in [2.24, 2.45) is 5.73 Å². The maximum atomic E-state index is 10.6. The molecule has 3 aromatic heterocycles. The number of nitrogen functional groups attached to an aromatic ring is 1. The molecule has 3 heterocycles. The number of aromatic nitrogens is 5. The molecule has 32 heavy (non-hydrogen) atoms. The Morgan fingerprint density at radius 2 is 1.88 bits per heavy atom. The number of carboxylic acid groups (broad SMARTS) is 1. The highest BCUT2D eigenvalue weighted by Gasteiger charge is 2.38. The summed E-state index contributed by atoms with van der Waals surface area (Å²) in [6, 6.07) is 3.51. The van der Waals surface area contributed by atoms with E-state index in [0.717, 1.165) is 0 Å². The maximum Gasteiger partial charge on any atom is 0.490 e. The van der Waals surface area contributed by atoms with E-state index in [9.17, 15) is 13.2 Å². The predicted molar refractivity (Wildman–Crippen MR) is 104 cm³/mol. The average molecular weight is 462 g/mol. The highest BCUT2D eigenvalue weighted by molar-refractivity contribution is 5.73. The molecule has 0 spiro atoms. The molecule has 0 aliphatic rings. The Morgan fingerprint density at radius 3 is 2.47 bits per heavy atom. The van der Waals surface area contributed by atoms with Crippen molar-refractivity contribution in [3.05, 3.63) is 18.4 Å². The van der Waals surface area contributed by atoms with Gasteiger partial charge in [-0.3, -0.25) is 0 Å². The van der Waals surface area contributed by atoms with E-state index in [-0.39, 0.29) is 5.95 Å². The summed E-state index contributed by atoms with van der Waals surface area (Å²) in [5.74, 6) is -0.973. The highest BCUT2D eigenvalue weighted by atomic mass is 19.4. The molecule has 13 nitrogen and oxygen atoms in total. The molecule has 0 saturated heterocycles. The smallest absolute Gasteiger partial charge is 0.475 e. The van der Waals surface area contributed by atoms with Crippen LogP contribution in [0.1, 0.15) is 0 Å². The standard InChI is InChI=1S/C14H20N8O3.C2HF3O2/c15-3-6-23-8-9-24-7-4-17-13-19-12(16)22-14(20-13)18-11(21-22)10-2-1-5-25-10;3-2(4,5)1(6)7/h1-2,5H,3-4,6-9,15H2,(H3,16,17,18,19,20,21);(H,6,7). The van der Waals surface area contributed by atoms with E-state index < -0.39 is 12.1 Å². The zero-order valence-corrected chi connectivity index (χ0v) is 16.6. The van der Waals surface area contributed by atoms with Crippen molar-refractivity contribution in [2.45, 2.75) is 6.18 Å². The average Bonchev–Trinajstić information content (AvgIpc) is 3.39. The summed E-state index contributed by atoms with van der Waals surface area (Å²) < 4.78 is 49.0. The zero-order chi connectivity index (χ0) is 23.6. The number of furan rings is 1. The van der Waals surface area contributed by atoms with Crippen LogP contribution in [0, 0.1) is 0 Å². The second-order valence-electron chi connectivity index (χ2n) is 5.77. The number of nitrogens with two attached hydrogens (primary N) is 2. The Kier molecular flexibility index (Phi) is 9.11. The van der Waals surface area contributed by atoms with E-state index in [1.54, 1.807) is 18.4 Å². The number of fused-ring (bicyclic) bond motifs is 1. The lowest BCUT2D eigenvalue weighted by atomic mass is 10.4. The van der Waals surface area contributed by atoms with Crippen molar-refractivity contribution in [2.75, 3.05) is 50.6 Å². The van der Waals surface area contributed by atoms with Crippen LogP contribution in [0.2, 0.25) is 0 Å². The van der Waals surface area contributed by atoms with Gasteiger partial charge in [0.1, 0.15) is 0 Å². The number of aliphatic carboxylic acids is 1. The first-order valence-electron chi connectivity index (χ1n) is 9.06. The molecule has 0 aliphatic carbocycles. The molecule has 0 saturated carbocycles. The van der Waals surface area contributed by atoms with Crippen LogP contribution in [-0.2, 0) is 14.3 Å². The summed E-state index contributed by atoms with van der Waals surface area (Å²) in [6.45, 7) is 3.05. The predicted octanol–water partition coefficient (Wildman–Crippen LogP) is 0.399. The quantitative estimate of drug-likeness (QED) is 0.304. The number of rotatable bonds is 10. The van der Waals surface area contributed by atoms with E-state index in [0.29, 0.717) is 62.8 Å². The molecule has 0 bridgehead atoms. The van der Waals surface area contributed by atoms with Gasteiger partial charge in [0.05, 0.1) is 32.7 Å². The molecule has 0 fully saturated rings. The minimum Gasteiger partial charge on any atom is -0.475 e. The normalized spacial score (nSPS) is 11.2. The van der Waals surface area contributed by atoms with Crippen molar-refractivity contribution < 1.29 is 37.0 Å². The third-order valence-corrected chi connectivity index (χ3v) is 3.38. The summed E-state index contributed by atoms with van der Waals surface area (Å²) >= 11 is 0. The number of carboxylic acids is 1. The molecule has 0 atom stereocenters. The fraction of sp³-hybridized carbons (Fsp3) is 0.438. The van der Waals surface area contributed by atoms with Crippen LogP contribution in [0.3, 0.4) is 0 Å². The molecule has 0 aromatic carbocycles. The summed E-state index contributed by atoms with van der Waals surface area (Å²) in [7, 11) is 0. The van der Waals surface area contributed by atoms with Gasteiger partial charge in [0.25, 0.3) is 5.78 Å². The van der Waals surface area contributed by atoms with Gasteiger partial charge in [-0.1, -0.05) is 0 Å².